The van der Waals surface area contributed by atoms with Crippen molar-refractivity contribution in [1.82, 2.24) is 0 Å². The number of ether oxygens (including phenoxy) is 1. The zero-order valence-electron chi connectivity index (χ0n) is 16.1. The van der Waals surface area contributed by atoms with Gasteiger partial charge in [-0.3, -0.25) is 0 Å². The molecule has 0 aliphatic heterocycles. The lowest BCUT2D eigenvalue weighted by Crippen LogP contribution is -1.88. The van der Waals surface area contributed by atoms with Crippen LogP contribution in [0.15, 0.2) is 18.2 Å². The van der Waals surface area contributed by atoms with Gasteiger partial charge in [-0.15, -0.1) is 0 Å². The molecule has 1 heteroatoms. The largest absolute Gasteiger partial charge is 0.496 e. The summed E-state index contributed by atoms with van der Waals surface area (Å²) in [4.78, 5) is 0. The van der Waals surface area contributed by atoms with Gasteiger partial charge in [-0.2, -0.15) is 0 Å². The second-order valence-electron chi connectivity index (χ2n) is 3.36. The summed E-state index contributed by atoms with van der Waals surface area (Å²) in [7, 11) is 1.71. The number of aryl methyl sites for hydroxylation is 2. The van der Waals surface area contributed by atoms with Crippen molar-refractivity contribution in [2.45, 2.75) is 82.1 Å². The minimum absolute atomic E-state index is 0.990. The molecule has 1 rings (SSSR count). The number of benzene rings is 1. The van der Waals surface area contributed by atoms with Crippen molar-refractivity contribution in [2.24, 2.45) is 0 Å². The van der Waals surface area contributed by atoms with Gasteiger partial charge in [-0.25, -0.2) is 0 Å². The van der Waals surface area contributed by atoms with Gasteiger partial charge < -0.3 is 4.74 Å². The van der Waals surface area contributed by atoms with Crippen LogP contribution < -0.4 is 4.74 Å². The van der Waals surface area contributed by atoms with E-state index in [1.165, 1.54) is 17.5 Å². The Bertz CT molecular complexity index is 254. The second-order valence-corrected chi connectivity index (χ2v) is 3.36. The van der Waals surface area contributed by atoms with Gasteiger partial charge in [-0.1, -0.05) is 80.9 Å². The first-order chi connectivity index (χ1) is 9.69. The Labute approximate surface area is 129 Å². The normalized spacial score (nSPS) is 7.15. The van der Waals surface area contributed by atoms with Crippen molar-refractivity contribution in [3.8, 4) is 5.75 Å². The molecule has 0 amide bonds. The molecule has 0 fully saturated rings. The van der Waals surface area contributed by atoms with E-state index in [9.17, 15) is 0 Å². The fraction of sp³-hybridized carbons (Fsp3) is 0.684. The van der Waals surface area contributed by atoms with E-state index in [-0.39, 0.29) is 0 Å². The summed E-state index contributed by atoms with van der Waals surface area (Å²) < 4.78 is 5.19. The minimum atomic E-state index is 0.990. The average molecular weight is 285 g/mol. The maximum Gasteiger partial charge on any atom is 0.122 e. The van der Waals surface area contributed by atoms with Crippen LogP contribution in [-0.2, 0) is 6.42 Å². The fourth-order valence-corrected chi connectivity index (χ4v) is 1.08. The molecule has 0 saturated carbocycles. The third-order valence-electron chi connectivity index (χ3n) is 1.88. The summed E-state index contributed by atoms with van der Waals surface area (Å²) in [6.07, 6.45) is 2.32. The summed E-state index contributed by atoms with van der Waals surface area (Å²) in [6, 6.07) is 6.32. The lowest BCUT2D eigenvalue weighted by Gasteiger charge is -2.05. The molecule has 0 N–H and O–H groups in total. The highest BCUT2D eigenvalue weighted by Crippen LogP contribution is 2.18. The number of methoxy groups -OCH3 is 1. The van der Waals surface area contributed by atoms with E-state index < -0.39 is 0 Å². The van der Waals surface area contributed by atoms with Crippen molar-refractivity contribution in [3.63, 3.8) is 0 Å². The number of hydrogen-bond donors (Lipinski definition) is 0. The SMILES string of the molecule is CC.CC.CC.CCC.CCc1ccc(C)c(OC)c1. The van der Waals surface area contributed by atoms with Crippen LogP contribution in [0.4, 0.5) is 0 Å². The van der Waals surface area contributed by atoms with Crippen LogP contribution in [0, 0.1) is 6.92 Å². The first-order valence-corrected chi connectivity index (χ1v) is 8.33. The topological polar surface area (TPSA) is 9.23 Å². The van der Waals surface area contributed by atoms with Crippen LogP contribution in [0.1, 0.15) is 79.9 Å². The van der Waals surface area contributed by atoms with E-state index in [4.69, 9.17) is 4.74 Å². The molecule has 0 radical (unpaired) electrons. The van der Waals surface area contributed by atoms with Crippen molar-refractivity contribution in [3.05, 3.63) is 29.3 Å². The van der Waals surface area contributed by atoms with Crippen LogP contribution in [0.3, 0.4) is 0 Å². The van der Waals surface area contributed by atoms with Crippen molar-refractivity contribution < 1.29 is 4.74 Å². The summed E-state index contributed by atoms with van der Waals surface area (Å²) in [5, 5.41) is 0. The zero-order valence-corrected chi connectivity index (χ0v) is 16.1. The van der Waals surface area contributed by atoms with Crippen LogP contribution in [-0.4, -0.2) is 7.11 Å². The molecule has 0 atom stereocenters. The molecule has 0 aliphatic carbocycles. The molecule has 0 aromatic heterocycles. The molecule has 20 heavy (non-hydrogen) atoms. The van der Waals surface area contributed by atoms with Gasteiger partial charge >= 0.3 is 0 Å². The smallest absolute Gasteiger partial charge is 0.122 e. The Hall–Kier alpha value is -0.980. The molecular weight excluding hydrogens is 244 g/mol. The number of rotatable bonds is 2. The van der Waals surface area contributed by atoms with Crippen LogP contribution in [0.5, 0.6) is 5.75 Å². The Balaban J connectivity index is -0.000000121. The molecule has 0 saturated heterocycles. The maximum atomic E-state index is 5.19. The maximum absolute atomic E-state index is 5.19. The fourth-order valence-electron chi connectivity index (χ4n) is 1.08. The molecule has 0 unspecified atom stereocenters. The quantitative estimate of drug-likeness (QED) is 0.564. The second kappa shape index (κ2) is 26.6. The van der Waals surface area contributed by atoms with Gasteiger partial charge in [-0.05, 0) is 30.5 Å². The lowest BCUT2D eigenvalue weighted by atomic mass is 10.1. The van der Waals surface area contributed by atoms with Gasteiger partial charge in [0.1, 0.15) is 5.75 Å². The van der Waals surface area contributed by atoms with Crippen molar-refractivity contribution >= 4 is 0 Å². The third kappa shape index (κ3) is 17.0. The first-order valence-electron chi connectivity index (χ1n) is 8.33. The predicted octanol–water partition coefficient (Wildman–Crippen LogP) is 7.06. The van der Waals surface area contributed by atoms with E-state index in [1.54, 1.807) is 7.11 Å². The zero-order chi connectivity index (χ0) is 17.0. The summed E-state index contributed by atoms with van der Waals surface area (Å²) in [5.41, 5.74) is 2.53. The van der Waals surface area contributed by atoms with Gasteiger partial charge in [0.15, 0.2) is 0 Å². The number of hydrogen-bond acceptors (Lipinski definition) is 1. The summed E-state index contributed by atoms with van der Waals surface area (Å²) in [5.74, 6) is 0.990. The Morgan fingerprint density at radius 3 is 1.55 bits per heavy atom. The molecule has 1 aromatic carbocycles. The highest BCUT2D eigenvalue weighted by Gasteiger charge is 1.97. The van der Waals surface area contributed by atoms with Gasteiger partial charge in [0.2, 0.25) is 0 Å². The molecule has 1 aromatic rings. The molecular formula is C19H40O. The predicted molar refractivity (Wildman–Crippen MR) is 97.1 cm³/mol. The molecule has 0 bridgehead atoms. The standard InChI is InChI=1S/C10H14O.C3H8.3C2H6/c1-4-9-6-5-8(2)10(7-9)11-3;1-3-2;3*1-2/h5-7H,4H2,1-3H3;3H2,1-2H3;3*1-2H3. The monoisotopic (exact) mass is 284 g/mol. The van der Waals surface area contributed by atoms with E-state index in [1.807, 2.05) is 41.5 Å². The Morgan fingerprint density at radius 1 is 0.850 bits per heavy atom. The molecule has 0 aliphatic rings. The summed E-state index contributed by atoms with van der Waals surface area (Å²) >= 11 is 0. The van der Waals surface area contributed by atoms with E-state index in [2.05, 4.69) is 45.9 Å². The lowest BCUT2D eigenvalue weighted by molar-refractivity contribution is 0.411. The van der Waals surface area contributed by atoms with Gasteiger partial charge in [0.05, 0.1) is 7.11 Å². The highest BCUT2D eigenvalue weighted by atomic mass is 16.5. The highest BCUT2D eigenvalue weighted by molar-refractivity contribution is 5.36. The van der Waals surface area contributed by atoms with Crippen molar-refractivity contribution in [2.75, 3.05) is 7.11 Å². The summed E-state index contributed by atoms with van der Waals surface area (Å²) in [6.45, 7) is 20.4. The van der Waals surface area contributed by atoms with E-state index in [0.717, 1.165) is 12.2 Å². The Morgan fingerprint density at radius 2 is 1.25 bits per heavy atom. The first kappa shape index (κ1) is 27.4. The minimum Gasteiger partial charge on any atom is -0.496 e. The van der Waals surface area contributed by atoms with Crippen molar-refractivity contribution in [1.29, 1.82) is 0 Å². The third-order valence-corrected chi connectivity index (χ3v) is 1.88. The molecule has 1 nitrogen and oxygen atoms in total. The average Bonchev–Trinajstić information content (AvgIpc) is 2.54. The van der Waals surface area contributed by atoms with E-state index in [0.29, 0.717) is 0 Å². The molecule has 0 heterocycles. The molecule has 122 valence electrons. The van der Waals surface area contributed by atoms with E-state index >= 15 is 0 Å². The van der Waals surface area contributed by atoms with Crippen LogP contribution in [0.25, 0.3) is 0 Å². The Kier molecular flexibility index (Phi) is 36.4. The van der Waals surface area contributed by atoms with Gasteiger partial charge in [0.25, 0.3) is 0 Å². The van der Waals surface area contributed by atoms with Crippen LogP contribution >= 0.6 is 0 Å². The van der Waals surface area contributed by atoms with Crippen LogP contribution in [0.2, 0.25) is 0 Å². The molecule has 0 spiro atoms. The van der Waals surface area contributed by atoms with Gasteiger partial charge in [0, 0.05) is 0 Å².